The van der Waals surface area contributed by atoms with E-state index in [1.165, 1.54) is 5.56 Å². The summed E-state index contributed by atoms with van der Waals surface area (Å²) in [4.78, 5) is 10.5. The van der Waals surface area contributed by atoms with E-state index in [1.807, 2.05) is 18.2 Å². The van der Waals surface area contributed by atoms with Gasteiger partial charge in [-0.25, -0.2) is 0 Å². The van der Waals surface area contributed by atoms with Crippen molar-refractivity contribution in [1.82, 2.24) is 0 Å². The molecule has 0 radical (unpaired) electrons. The predicted molar refractivity (Wildman–Crippen MR) is 63.0 cm³/mol. The molecule has 0 spiro atoms. The molecule has 14 heavy (non-hydrogen) atoms. The Labute approximate surface area is 99.6 Å². The van der Waals surface area contributed by atoms with Crippen LogP contribution in [0.4, 0.5) is 0 Å². The lowest BCUT2D eigenvalue weighted by Crippen LogP contribution is -2.01. The molecule has 0 aliphatic heterocycles. The first kappa shape index (κ1) is 11.7. The van der Waals surface area contributed by atoms with Crippen LogP contribution in [0.3, 0.4) is 0 Å². The predicted octanol–water partition coefficient (Wildman–Crippen LogP) is 3.10. The van der Waals surface area contributed by atoms with E-state index in [0.29, 0.717) is 0 Å². The summed E-state index contributed by atoms with van der Waals surface area (Å²) >= 11 is 6.77. The number of carboxylic acid groups (broad SMARTS) is 1. The molecule has 0 aliphatic carbocycles. The van der Waals surface area contributed by atoms with Crippen molar-refractivity contribution in [3.05, 3.63) is 34.9 Å². The van der Waals surface area contributed by atoms with Crippen LogP contribution >= 0.6 is 31.9 Å². The van der Waals surface area contributed by atoms with E-state index < -0.39 is 5.97 Å². The van der Waals surface area contributed by atoms with Gasteiger partial charge in [0, 0.05) is 10.7 Å². The smallest absolute Gasteiger partial charge is 0.307 e. The minimum atomic E-state index is -0.794. The maximum Gasteiger partial charge on any atom is 0.307 e. The standard InChI is InChI=1S/C10H10Br2O2/c11-5-8-2-1-7(4-10(13)14)3-9(8)6-12/h1-3H,4-6H2,(H,13,14). The number of carbonyl (C=O) groups is 1. The Balaban J connectivity index is 2.95. The van der Waals surface area contributed by atoms with Gasteiger partial charge in [0.25, 0.3) is 0 Å². The molecule has 2 nitrogen and oxygen atoms in total. The highest BCUT2D eigenvalue weighted by Crippen LogP contribution is 2.18. The summed E-state index contributed by atoms with van der Waals surface area (Å²) < 4.78 is 0. The van der Waals surface area contributed by atoms with Crippen LogP contribution in [0.5, 0.6) is 0 Å². The second-order valence-corrected chi connectivity index (χ2v) is 4.06. The van der Waals surface area contributed by atoms with Crippen molar-refractivity contribution in [3.63, 3.8) is 0 Å². The van der Waals surface area contributed by atoms with Crippen LogP contribution in [0.15, 0.2) is 18.2 Å². The third-order valence-electron chi connectivity index (χ3n) is 1.91. The molecule has 0 heterocycles. The maximum atomic E-state index is 10.5. The average Bonchev–Trinajstić information content (AvgIpc) is 2.16. The number of halogens is 2. The van der Waals surface area contributed by atoms with Gasteiger partial charge in [0.1, 0.15) is 0 Å². The van der Waals surface area contributed by atoms with Gasteiger partial charge < -0.3 is 5.11 Å². The summed E-state index contributed by atoms with van der Waals surface area (Å²) in [6, 6.07) is 5.75. The monoisotopic (exact) mass is 320 g/mol. The van der Waals surface area contributed by atoms with Crippen molar-refractivity contribution in [2.45, 2.75) is 17.1 Å². The maximum absolute atomic E-state index is 10.5. The summed E-state index contributed by atoms with van der Waals surface area (Å²) in [5.74, 6) is -0.794. The number of rotatable bonds is 4. The van der Waals surface area contributed by atoms with Crippen molar-refractivity contribution in [3.8, 4) is 0 Å². The van der Waals surface area contributed by atoms with E-state index >= 15 is 0 Å². The van der Waals surface area contributed by atoms with Gasteiger partial charge in [-0.15, -0.1) is 0 Å². The van der Waals surface area contributed by atoms with Crippen LogP contribution in [0.1, 0.15) is 16.7 Å². The fourth-order valence-electron chi connectivity index (χ4n) is 1.22. The summed E-state index contributed by atoms with van der Waals surface area (Å²) in [6.45, 7) is 0. The van der Waals surface area contributed by atoms with Crippen LogP contribution in [0.25, 0.3) is 0 Å². The molecule has 0 saturated carbocycles. The van der Waals surface area contributed by atoms with Crippen LogP contribution in [0, 0.1) is 0 Å². The summed E-state index contributed by atoms with van der Waals surface area (Å²) in [5.41, 5.74) is 3.17. The highest BCUT2D eigenvalue weighted by atomic mass is 79.9. The molecule has 0 amide bonds. The SMILES string of the molecule is O=C(O)Cc1ccc(CBr)c(CBr)c1. The fraction of sp³-hybridized carbons (Fsp3) is 0.300. The van der Waals surface area contributed by atoms with Crippen LogP contribution < -0.4 is 0 Å². The number of aliphatic carboxylic acids is 1. The van der Waals surface area contributed by atoms with E-state index in [-0.39, 0.29) is 6.42 Å². The van der Waals surface area contributed by atoms with Crippen LogP contribution in [-0.2, 0) is 21.9 Å². The molecule has 0 aromatic heterocycles. The summed E-state index contributed by atoms with van der Waals surface area (Å²) in [5, 5.41) is 10.2. The van der Waals surface area contributed by atoms with Crippen LogP contribution in [0.2, 0.25) is 0 Å². The molecule has 76 valence electrons. The molecule has 1 N–H and O–H groups in total. The first-order valence-electron chi connectivity index (χ1n) is 4.11. The highest BCUT2D eigenvalue weighted by Gasteiger charge is 2.04. The van der Waals surface area contributed by atoms with Crippen molar-refractivity contribution >= 4 is 37.8 Å². The Morgan fingerprint density at radius 1 is 1.21 bits per heavy atom. The minimum Gasteiger partial charge on any atom is -0.481 e. The third-order valence-corrected chi connectivity index (χ3v) is 3.12. The second-order valence-electron chi connectivity index (χ2n) is 2.94. The molecule has 0 unspecified atom stereocenters. The first-order valence-corrected chi connectivity index (χ1v) is 6.36. The molecule has 1 aromatic rings. The molecule has 0 fully saturated rings. The molecule has 0 atom stereocenters. The number of hydrogen-bond donors (Lipinski definition) is 1. The van der Waals surface area contributed by atoms with Gasteiger partial charge in [0.05, 0.1) is 6.42 Å². The molecule has 4 heteroatoms. The highest BCUT2D eigenvalue weighted by molar-refractivity contribution is 9.09. The Morgan fingerprint density at radius 2 is 1.86 bits per heavy atom. The Morgan fingerprint density at radius 3 is 2.36 bits per heavy atom. The minimum absolute atomic E-state index is 0.0859. The molecule has 1 rings (SSSR count). The Bertz CT molecular complexity index is 337. The van der Waals surface area contributed by atoms with E-state index in [4.69, 9.17) is 5.11 Å². The van der Waals surface area contributed by atoms with Gasteiger partial charge in [-0.2, -0.15) is 0 Å². The molecular formula is C10H10Br2O2. The van der Waals surface area contributed by atoms with Gasteiger partial charge in [-0.3, -0.25) is 4.79 Å². The fourth-order valence-corrected chi connectivity index (χ4v) is 2.29. The van der Waals surface area contributed by atoms with E-state index in [0.717, 1.165) is 21.8 Å². The number of benzene rings is 1. The topological polar surface area (TPSA) is 37.3 Å². The lowest BCUT2D eigenvalue weighted by atomic mass is 10.0. The molecule has 1 aromatic carbocycles. The molecule has 0 bridgehead atoms. The quantitative estimate of drug-likeness (QED) is 0.865. The van der Waals surface area contributed by atoms with E-state index in [2.05, 4.69) is 31.9 Å². The normalized spacial score (nSPS) is 10.1. The van der Waals surface area contributed by atoms with Crippen molar-refractivity contribution in [2.75, 3.05) is 0 Å². The van der Waals surface area contributed by atoms with Gasteiger partial charge in [-0.05, 0) is 16.7 Å². The Hall–Kier alpha value is -0.350. The molecule has 0 saturated heterocycles. The summed E-state index contributed by atoms with van der Waals surface area (Å²) in [6.07, 6.45) is 0.0859. The van der Waals surface area contributed by atoms with E-state index in [1.54, 1.807) is 0 Å². The van der Waals surface area contributed by atoms with Gasteiger partial charge in [0.2, 0.25) is 0 Å². The zero-order valence-electron chi connectivity index (χ0n) is 7.46. The van der Waals surface area contributed by atoms with Gasteiger partial charge in [-0.1, -0.05) is 50.1 Å². The number of carboxylic acids is 1. The van der Waals surface area contributed by atoms with Gasteiger partial charge in [0.15, 0.2) is 0 Å². The summed E-state index contributed by atoms with van der Waals surface area (Å²) in [7, 11) is 0. The largest absolute Gasteiger partial charge is 0.481 e. The molecular weight excluding hydrogens is 312 g/mol. The lowest BCUT2D eigenvalue weighted by Gasteiger charge is -2.06. The zero-order valence-corrected chi connectivity index (χ0v) is 10.6. The van der Waals surface area contributed by atoms with Crippen molar-refractivity contribution in [2.24, 2.45) is 0 Å². The number of hydrogen-bond acceptors (Lipinski definition) is 1. The molecule has 0 aliphatic rings. The van der Waals surface area contributed by atoms with Crippen molar-refractivity contribution in [1.29, 1.82) is 0 Å². The second kappa shape index (κ2) is 5.51. The van der Waals surface area contributed by atoms with E-state index in [9.17, 15) is 4.79 Å². The Kier molecular flexibility index (Phi) is 4.62. The lowest BCUT2D eigenvalue weighted by molar-refractivity contribution is -0.136. The van der Waals surface area contributed by atoms with Crippen LogP contribution in [-0.4, -0.2) is 11.1 Å². The zero-order chi connectivity index (χ0) is 10.6. The van der Waals surface area contributed by atoms with Gasteiger partial charge >= 0.3 is 5.97 Å². The van der Waals surface area contributed by atoms with Crippen molar-refractivity contribution < 1.29 is 9.90 Å². The number of alkyl halides is 2. The third kappa shape index (κ3) is 3.10. The average molecular weight is 322 g/mol. The first-order chi connectivity index (χ1) is 6.67.